The fourth-order valence-corrected chi connectivity index (χ4v) is 13.7. The Balaban J connectivity index is 0.831. The largest absolute Gasteiger partial charge is 0.315 e. The first-order valence-electron chi connectivity index (χ1n) is 30.6. The van der Waals surface area contributed by atoms with E-state index in [0.29, 0.717) is 0 Å². The lowest BCUT2D eigenvalue weighted by Gasteiger charge is -2.36. The van der Waals surface area contributed by atoms with E-state index in [1.165, 1.54) is 76.3 Å². The molecule has 4 nitrogen and oxygen atoms in total. The third-order valence-corrected chi connectivity index (χ3v) is 17.8. The maximum absolute atomic E-state index is 4.36. The number of benzene rings is 12. The first-order chi connectivity index (χ1) is 43.0. The minimum atomic E-state index is 0.0719. The molecule has 0 atom stereocenters. The highest BCUT2D eigenvalue weighted by atomic mass is 15.2. The van der Waals surface area contributed by atoms with Gasteiger partial charge in [-0.3, -0.25) is 0 Å². The number of hydrogen-bond acceptors (Lipinski definition) is 4. The summed E-state index contributed by atoms with van der Waals surface area (Å²) in [5.74, 6) is 0. The minimum Gasteiger partial charge on any atom is -0.315 e. The van der Waals surface area contributed by atoms with Crippen molar-refractivity contribution in [3.63, 3.8) is 0 Å². The topological polar surface area (TPSA) is 13.0 Å². The molecule has 0 aliphatic heterocycles. The zero-order chi connectivity index (χ0) is 58.5. The molecule has 420 valence electrons. The fraction of sp³-hybridized carbons (Fsp3) is 0.0843. The molecule has 1 saturated carbocycles. The number of fused-ring (bicyclic) bond motifs is 6. The predicted octanol–water partition coefficient (Wildman–Crippen LogP) is 23.5. The van der Waals surface area contributed by atoms with E-state index in [0.717, 1.165) is 79.4 Å². The van der Waals surface area contributed by atoms with E-state index in [1.807, 2.05) is 6.08 Å². The van der Waals surface area contributed by atoms with Crippen LogP contribution in [0.15, 0.2) is 334 Å². The molecule has 1 fully saturated rings. The van der Waals surface area contributed by atoms with Gasteiger partial charge in [0.05, 0.1) is 5.69 Å². The van der Waals surface area contributed by atoms with Crippen molar-refractivity contribution < 1.29 is 0 Å². The Morgan fingerprint density at radius 3 is 1.28 bits per heavy atom. The lowest BCUT2D eigenvalue weighted by molar-refractivity contribution is 0.353. The molecule has 4 heteroatoms. The average molecular weight is 1120 g/mol. The number of para-hydroxylation sites is 5. The average Bonchev–Trinajstić information content (AvgIpc) is 1.63. The Kier molecular flexibility index (Phi) is 15.0. The lowest BCUT2D eigenvalue weighted by Crippen LogP contribution is -2.28. The molecule has 12 aromatic rings. The van der Waals surface area contributed by atoms with Gasteiger partial charge in [0.25, 0.3) is 0 Å². The third kappa shape index (κ3) is 10.5. The summed E-state index contributed by atoms with van der Waals surface area (Å²) in [6.45, 7) is 6.54. The van der Waals surface area contributed by atoms with Crippen LogP contribution in [0.4, 0.5) is 62.6 Å². The van der Waals surface area contributed by atoms with Crippen LogP contribution < -0.4 is 19.6 Å². The van der Waals surface area contributed by atoms with E-state index in [4.69, 9.17) is 0 Å². The van der Waals surface area contributed by atoms with Crippen molar-refractivity contribution in [3.8, 4) is 22.3 Å². The second-order valence-corrected chi connectivity index (χ2v) is 22.9. The molecule has 1 spiro atoms. The van der Waals surface area contributed by atoms with Crippen LogP contribution in [0.2, 0.25) is 0 Å². The third-order valence-electron chi connectivity index (χ3n) is 17.8. The molecular formula is C83H68N4. The normalized spacial score (nSPS) is 13.4. The van der Waals surface area contributed by atoms with E-state index in [-0.39, 0.29) is 5.41 Å². The number of allylic oxidation sites excluding steroid dienone is 5. The lowest BCUT2D eigenvalue weighted by atomic mass is 9.67. The number of nitrogens with zero attached hydrogens (tertiary/aromatic N) is 4. The second-order valence-electron chi connectivity index (χ2n) is 22.9. The van der Waals surface area contributed by atoms with Gasteiger partial charge in [0.1, 0.15) is 0 Å². The molecule has 0 N–H and O–H groups in total. The highest BCUT2D eigenvalue weighted by Gasteiger charge is 2.43. The van der Waals surface area contributed by atoms with Gasteiger partial charge in [-0.1, -0.05) is 208 Å². The summed E-state index contributed by atoms with van der Waals surface area (Å²) >= 11 is 0. The molecule has 0 heterocycles. The van der Waals surface area contributed by atoms with Crippen LogP contribution in [0.3, 0.4) is 0 Å². The molecule has 0 aromatic heterocycles. The quantitative estimate of drug-likeness (QED) is 0.0894. The Morgan fingerprint density at radius 2 is 0.747 bits per heavy atom. The number of hydrogen-bond donors (Lipinski definition) is 0. The highest BCUT2D eigenvalue weighted by molar-refractivity contribution is 6.07. The van der Waals surface area contributed by atoms with Crippen LogP contribution in [0.5, 0.6) is 0 Å². The van der Waals surface area contributed by atoms with Crippen LogP contribution >= 0.6 is 0 Å². The van der Waals surface area contributed by atoms with E-state index in [9.17, 15) is 0 Å². The number of anilines is 11. The van der Waals surface area contributed by atoms with Crippen LogP contribution in [0.1, 0.15) is 55.7 Å². The van der Waals surface area contributed by atoms with Crippen molar-refractivity contribution in [3.05, 3.63) is 351 Å². The molecular weight excluding hydrogens is 1050 g/mol. The first-order valence-corrected chi connectivity index (χ1v) is 30.6. The predicted molar refractivity (Wildman–Crippen MR) is 370 cm³/mol. The van der Waals surface area contributed by atoms with E-state index >= 15 is 0 Å². The van der Waals surface area contributed by atoms with E-state index < -0.39 is 0 Å². The van der Waals surface area contributed by atoms with E-state index in [1.54, 1.807) is 0 Å². The van der Waals surface area contributed by atoms with Crippen LogP contribution in [-0.4, -0.2) is 0 Å². The summed E-state index contributed by atoms with van der Waals surface area (Å²) in [7, 11) is 0. The molecule has 12 aromatic carbocycles. The molecule has 0 amide bonds. The second kappa shape index (κ2) is 24.1. The standard InChI is InChI=1S/C83H68N4/c1-3-62(41-40-61(2)84(65-26-10-4-11-27-65)70-47-49-71(50-48-70)85(66-28-12-5-13-29-66)67-30-14-6-15-31-67)63-42-45-73(46-43-63)87(74-53-51-72(52-54-74)86(68-32-16-7-17-33-68)69-34-18-8-19-35-69)82-57-56-75(76-36-20-21-38-79(76)82)64-44-55-78-77-37-22-23-39-80(77)83(81(78)60-64)58-24-9-25-59-83/h3-8,10-23,26-57,60H,1,9,24-25,58-59H2,2H3/b61-40+,62-41+. The van der Waals surface area contributed by atoms with Gasteiger partial charge in [-0.2, -0.15) is 0 Å². The van der Waals surface area contributed by atoms with Gasteiger partial charge in [0.2, 0.25) is 0 Å². The van der Waals surface area contributed by atoms with Gasteiger partial charge in [0, 0.05) is 73.4 Å². The van der Waals surface area contributed by atoms with Crippen molar-refractivity contribution in [2.75, 3.05) is 19.6 Å². The van der Waals surface area contributed by atoms with Crippen molar-refractivity contribution >= 4 is 78.9 Å². The number of rotatable bonds is 16. The minimum absolute atomic E-state index is 0.0719. The molecule has 14 rings (SSSR count). The molecule has 0 saturated heterocycles. The Labute approximate surface area is 512 Å². The summed E-state index contributed by atoms with van der Waals surface area (Å²) in [4.78, 5) is 9.35. The Bertz CT molecular complexity index is 4340. The smallest absolute Gasteiger partial charge is 0.0540 e. The zero-order valence-corrected chi connectivity index (χ0v) is 49.1. The summed E-state index contributed by atoms with van der Waals surface area (Å²) in [6.07, 6.45) is 12.6. The SMILES string of the molecule is C=C/C(=C\C=C(/C)N(c1ccccc1)c1ccc(N(c2ccccc2)c2ccccc2)cc1)c1ccc(N(c2ccc(N(c3ccccc3)c3ccccc3)cc2)c2ccc(-c3ccc4c(c3)C3(CCCCC3)c3ccccc3-4)c3ccccc23)cc1. The van der Waals surface area contributed by atoms with Gasteiger partial charge >= 0.3 is 0 Å². The first kappa shape index (κ1) is 54.3. The molecule has 0 radical (unpaired) electrons. The van der Waals surface area contributed by atoms with Gasteiger partial charge in [-0.05, 0) is 209 Å². The molecule has 87 heavy (non-hydrogen) atoms. The van der Waals surface area contributed by atoms with Gasteiger partial charge in [-0.15, -0.1) is 0 Å². The zero-order valence-electron chi connectivity index (χ0n) is 49.1. The summed E-state index contributed by atoms with van der Waals surface area (Å²) in [6, 6.07) is 110. The Morgan fingerprint density at radius 1 is 0.345 bits per heavy atom. The van der Waals surface area contributed by atoms with Crippen molar-refractivity contribution in [2.24, 2.45) is 0 Å². The summed E-state index contributed by atoms with van der Waals surface area (Å²) in [5, 5.41) is 2.41. The molecule has 0 bridgehead atoms. The highest BCUT2D eigenvalue weighted by Crippen LogP contribution is 2.57. The molecule has 2 aliphatic carbocycles. The maximum Gasteiger partial charge on any atom is 0.0540 e. The van der Waals surface area contributed by atoms with Crippen LogP contribution in [0.25, 0.3) is 38.6 Å². The summed E-state index contributed by atoms with van der Waals surface area (Å²) in [5.41, 5.74) is 23.5. The van der Waals surface area contributed by atoms with Crippen molar-refractivity contribution in [2.45, 2.75) is 44.4 Å². The van der Waals surface area contributed by atoms with Crippen molar-refractivity contribution in [1.29, 1.82) is 0 Å². The van der Waals surface area contributed by atoms with Crippen LogP contribution in [-0.2, 0) is 5.41 Å². The Hall–Kier alpha value is -10.7. The molecule has 2 aliphatic rings. The maximum atomic E-state index is 4.36. The van der Waals surface area contributed by atoms with Crippen LogP contribution in [0, 0.1) is 0 Å². The van der Waals surface area contributed by atoms with E-state index in [2.05, 4.69) is 349 Å². The van der Waals surface area contributed by atoms with Gasteiger partial charge < -0.3 is 19.6 Å². The molecule has 0 unspecified atom stereocenters. The van der Waals surface area contributed by atoms with Crippen molar-refractivity contribution in [1.82, 2.24) is 0 Å². The summed E-state index contributed by atoms with van der Waals surface area (Å²) < 4.78 is 0. The monoisotopic (exact) mass is 1120 g/mol. The fourth-order valence-electron chi connectivity index (χ4n) is 13.7. The van der Waals surface area contributed by atoms with Gasteiger partial charge in [0.15, 0.2) is 0 Å². The van der Waals surface area contributed by atoms with Gasteiger partial charge in [-0.25, -0.2) is 0 Å².